The molecule has 5 aromatic carbocycles. The van der Waals surface area contributed by atoms with Crippen LogP contribution in [0.1, 0.15) is 26.3 Å². The van der Waals surface area contributed by atoms with Crippen molar-refractivity contribution in [2.45, 2.75) is 26.2 Å². The molecular weight excluding hydrogens is 796 g/mol. The minimum atomic E-state index is -0.141. The van der Waals surface area contributed by atoms with Gasteiger partial charge in [0.2, 0.25) is 0 Å². The number of para-hydroxylation sites is 4. The fourth-order valence-electron chi connectivity index (χ4n) is 7.33. The van der Waals surface area contributed by atoms with E-state index in [1.54, 1.807) is 0 Å². The molecule has 0 saturated carbocycles. The molecule has 10 aromatic rings. The Hall–Kier alpha value is -5.51. The first kappa shape index (κ1) is 30.5. The van der Waals surface area contributed by atoms with Gasteiger partial charge >= 0.3 is 21.1 Å². The number of pyridine rings is 2. The van der Waals surface area contributed by atoms with Crippen molar-refractivity contribution in [3.63, 3.8) is 0 Å². The number of rotatable bonds is 3. The number of benzene rings is 5. The second-order valence-corrected chi connectivity index (χ2v) is 13.8. The molecule has 0 N–H and O–H groups in total. The molecule has 5 nitrogen and oxygen atoms in total. The minimum Gasteiger partial charge on any atom is -0.663 e. The SMILES string of the molecule is CC(C)(C)c1cc(-c2cccc3c2[n-]c2ccccc23)[c-]c(-c2nc(-n3c4ccccc4c4cccnc43)cc3c2oc2ccccc23)c1.[Pt+2]. The Morgan fingerprint density at radius 2 is 1.40 bits per heavy atom. The molecule has 6 heteroatoms. The topological polar surface area (TPSA) is 58.0 Å². The molecule has 5 heterocycles. The molecular formula is C44H30N4OPt. The zero-order valence-electron chi connectivity index (χ0n) is 27.6. The van der Waals surface area contributed by atoms with Gasteiger partial charge < -0.3 is 9.40 Å². The van der Waals surface area contributed by atoms with Gasteiger partial charge in [-0.05, 0) is 46.5 Å². The van der Waals surface area contributed by atoms with Gasteiger partial charge in [-0.15, -0.1) is 34.8 Å². The van der Waals surface area contributed by atoms with Crippen molar-refractivity contribution in [2.75, 3.05) is 0 Å². The molecule has 0 aliphatic heterocycles. The van der Waals surface area contributed by atoms with E-state index in [4.69, 9.17) is 19.4 Å². The summed E-state index contributed by atoms with van der Waals surface area (Å²) in [5.41, 5.74) is 10.1. The third kappa shape index (κ3) is 4.57. The third-order valence-corrected chi connectivity index (χ3v) is 9.75. The molecule has 242 valence electrons. The molecule has 5 aromatic heterocycles. The van der Waals surface area contributed by atoms with Gasteiger partial charge in [0.25, 0.3) is 0 Å². The predicted molar refractivity (Wildman–Crippen MR) is 200 cm³/mol. The average Bonchev–Trinajstić information content (AvgIpc) is 3.80. The largest absolute Gasteiger partial charge is 2.00 e. The summed E-state index contributed by atoms with van der Waals surface area (Å²) in [5.74, 6) is 0.779. The predicted octanol–water partition coefficient (Wildman–Crippen LogP) is 11.2. The fourth-order valence-corrected chi connectivity index (χ4v) is 7.33. The van der Waals surface area contributed by atoms with Gasteiger partial charge in [0, 0.05) is 27.7 Å². The van der Waals surface area contributed by atoms with Crippen molar-refractivity contribution >= 4 is 65.7 Å². The van der Waals surface area contributed by atoms with Gasteiger partial charge in [0.1, 0.15) is 22.6 Å². The summed E-state index contributed by atoms with van der Waals surface area (Å²) in [6, 6.07) is 46.0. The first-order valence-electron chi connectivity index (χ1n) is 16.6. The van der Waals surface area contributed by atoms with E-state index in [-0.39, 0.29) is 26.5 Å². The zero-order valence-corrected chi connectivity index (χ0v) is 29.9. The molecule has 0 amide bonds. The normalized spacial score (nSPS) is 12.1. The number of nitrogens with zero attached hydrogens (tertiary/aromatic N) is 4. The first-order chi connectivity index (χ1) is 23.9. The van der Waals surface area contributed by atoms with Crippen LogP contribution in [0.25, 0.3) is 93.9 Å². The summed E-state index contributed by atoms with van der Waals surface area (Å²) < 4.78 is 8.82. The third-order valence-electron chi connectivity index (χ3n) is 9.75. The van der Waals surface area contributed by atoms with Crippen molar-refractivity contribution in [3.05, 3.63) is 139 Å². The van der Waals surface area contributed by atoms with E-state index in [1.165, 1.54) is 5.56 Å². The number of fused-ring (bicyclic) bond motifs is 9. The Kier molecular flexibility index (Phi) is 6.88. The molecule has 0 aliphatic carbocycles. The molecule has 10 rings (SSSR count). The average molecular weight is 826 g/mol. The first-order valence-corrected chi connectivity index (χ1v) is 16.6. The molecule has 0 saturated heterocycles. The van der Waals surface area contributed by atoms with Crippen molar-refractivity contribution < 1.29 is 25.5 Å². The van der Waals surface area contributed by atoms with Gasteiger partial charge in [-0.2, -0.15) is 5.52 Å². The summed E-state index contributed by atoms with van der Waals surface area (Å²) in [6.45, 7) is 6.74. The summed E-state index contributed by atoms with van der Waals surface area (Å²) in [5, 5.41) is 6.56. The van der Waals surface area contributed by atoms with Crippen LogP contribution in [0, 0.1) is 6.07 Å². The van der Waals surface area contributed by atoms with Crippen LogP contribution in [0.5, 0.6) is 0 Å². The Bertz CT molecular complexity index is 2890. The van der Waals surface area contributed by atoms with Gasteiger partial charge in [-0.1, -0.05) is 111 Å². The Balaban J connectivity index is 0.00000336. The zero-order chi connectivity index (χ0) is 32.9. The summed E-state index contributed by atoms with van der Waals surface area (Å²) in [6.07, 6.45) is 1.85. The van der Waals surface area contributed by atoms with Crippen LogP contribution in [0.3, 0.4) is 0 Å². The van der Waals surface area contributed by atoms with Crippen molar-refractivity contribution in [2.24, 2.45) is 0 Å². The molecule has 0 fully saturated rings. The van der Waals surface area contributed by atoms with E-state index in [0.717, 1.165) is 93.9 Å². The van der Waals surface area contributed by atoms with Gasteiger partial charge in [0.05, 0.1) is 11.2 Å². The summed E-state index contributed by atoms with van der Waals surface area (Å²) >= 11 is 0. The van der Waals surface area contributed by atoms with Crippen LogP contribution < -0.4 is 4.98 Å². The van der Waals surface area contributed by atoms with Crippen LogP contribution in [0.15, 0.2) is 132 Å². The van der Waals surface area contributed by atoms with Gasteiger partial charge in [-0.25, -0.2) is 4.98 Å². The number of aromatic nitrogens is 4. The van der Waals surface area contributed by atoms with Gasteiger partial charge in [-0.3, -0.25) is 9.55 Å². The second kappa shape index (κ2) is 11.3. The fraction of sp³-hybridized carbons (Fsp3) is 0.0909. The second-order valence-electron chi connectivity index (χ2n) is 13.8. The van der Waals surface area contributed by atoms with E-state index >= 15 is 0 Å². The molecule has 0 aliphatic rings. The quantitative estimate of drug-likeness (QED) is 0.167. The maximum absolute atomic E-state index is 6.65. The van der Waals surface area contributed by atoms with E-state index in [2.05, 4.69) is 128 Å². The summed E-state index contributed by atoms with van der Waals surface area (Å²) in [4.78, 5) is 15.4. The van der Waals surface area contributed by atoms with Gasteiger partial charge in [0.15, 0.2) is 0 Å². The van der Waals surface area contributed by atoms with E-state index in [0.29, 0.717) is 0 Å². The molecule has 50 heavy (non-hydrogen) atoms. The van der Waals surface area contributed by atoms with Crippen LogP contribution >= 0.6 is 0 Å². The molecule has 0 atom stereocenters. The van der Waals surface area contributed by atoms with E-state index in [9.17, 15) is 0 Å². The smallest absolute Gasteiger partial charge is 0.663 e. The number of hydrogen-bond donors (Lipinski definition) is 0. The molecule has 0 radical (unpaired) electrons. The maximum Gasteiger partial charge on any atom is 2.00 e. The van der Waals surface area contributed by atoms with Crippen LogP contribution in [-0.4, -0.2) is 14.5 Å². The minimum absolute atomic E-state index is 0. The summed E-state index contributed by atoms with van der Waals surface area (Å²) in [7, 11) is 0. The van der Waals surface area contributed by atoms with Crippen molar-refractivity contribution in [1.82, 2.24) is 19.5 Å². The van der Waals surface area contributed by atoms with E-state index < -0.39 is 0 Å². The van der Waals surface area contributed by atoms with Crippen molar-refractivity contribution in [3.8, 4) is 28.2 Å². The molecule has 0 unspecified atom stereocenters. The Morgan fingerprint density at radius 3 is 2.26 bits per heavy atom. The van der Waals surface area contributed by atoms with Crippen molar-refractivity contribution in [1.29, 1.82) is 0 Å². The Morgan fingerprint density at radius 1 is 0.680 bits per heavy atom. The number of furan rings is 1. The van der Waals surface area contributed by atoms with Crippen LogP contribution in [0.2, 0.25) is 0 Å². The monoisotopic (exact) mass is 825 g/mol. The van der Waals surface area contributed by atoms with Crippen LogP contribution in [0.4, 0.5) is 0 Å². The van der Waals surface area contributed by atoms with E-state index in [1.807, 2.05) is 30.5 Å². The standard InChI is InChI=1S/C44H30N4O.Pt/c1-44(2,3)28-23-26(29-15-10-16-33-30-12-4-7-18-36(30)46-41(29)33)22-27(24-28)40-42-35(32-14-6-9-20-38(32)49-42)25-39(47-40)48-37-19-8-5-13-31(37)34-17-11-21-45-43(34)48;/h4-21,23-25H,1-3H3;/q-2;+2. The molecule has 0 bridgehead atoms. The molecule has 0 spiro atoms. The Labute approximate surface area is 302 Å². The number of hydrogen-bond acceptors (Lipinski definition) is 3. The van der Waals surface area contributed by atoms with Crippen LogP contribution in [-0.2, 0) is 26.5 Å². The maximum atomic E-state index is 6.65.